The van der Waals surface area contributed by atoms with Crippen molar-refractivity contribution < 1.29 is 19.0 Å². The van der Waals surface area contributed by atoms with Crippen molar-refractivity contribution in [3.63, 3.8) is 0 Å². The fourth-order valence-corrected chi connectivity index (χ4v) is 5.75. The van der Waals surface area contributed by atoms with Gasteiger partial charge in [-0.1, -0.05) is 43.2 Å². The van der Waals surface area contributed by atoms with Crippen LogP contribution in [0.1, 0.15) is 54.1 Å². The lowest BCUT2D eigenvalue weighted by molar-refractivity contribution is 0.0279. The van der Waals surface area contributed by atoms with Crippen molar-refractivity contribution in [2.24, 2.45) is 5.92 Å². The molecule has 31 heavy (non-hydrogen) atoms. The average molecular weight is 444 g/mol. The molecule has 1 heterocycles. The topological polar surface area (TPSA) is 48.0 Å². The van der Waals surface area contributed by atoms with E-state index in [2.05, 4.69) is 12.1 Å². The molecule has 2 aromatic rings. The molecule has 0 spiro atoms. The van der Waals surface area contributed by atoms with Crippen molar-refractivity contribution in [3.8, 4) is 17.2 Å². The summed E-state index contributed by atoms with van der Waals surface area (Å²) in [6.45, 7) is 0.620. The van der Waals surface area contributed by atoms with E-state index in [0.29, 0.717) is 29.4 Å². The SMILES string of the molecule is COc1cc(C(=O)N2CC[C@]3(Cl)CCCC[C@H]3[C@@H]2c2ccccc2)cc(OC)c1OC. The predicted octanol–water partition coefficient (Wildman–Crippen LogP) is 5.47. The molecule has 1 saturated heterocycles. The normalized spacial score (nSPS) is 25.5. The molecule has 2 fully saturated rings. The fraction of sp³-hybridized carbons (Fsp3) is 0.480. The molecule has 6 heteroatoms. The molecule has 1 saturated carbocycles. The van der Waals surface area contributed by atoms with Gasteiger partial charge in [-0.3, -0.25) is 4.79 Å². The number of methoxy groups -OCH3 is 3. The van der Waals surface area contributed by atoms with Crippen LogP contribution in [0.15, 0.2) is 42.5 Å². The third kappa shape index (κ3) is 3.96. The summed E-state index contributed by atoms with van der Waals surface area (Å²) in [7, 11) is 4.67. The van der Waals surface area contributed by atoms with Crippen molar-refractivity contribution in [1.82, 2.24) is 4.90 Å². The summed E-state index contributed by atoms with van der Waals surface area (Å²) in [5.74, 6) is 1.61. The number of nitrogens with zero attached hydrogens (tertiary/aromatic N) is 1. The number of hydrogen-bond donors (Lipinski definition) is 0. The number of benzene rings is 2. The van der Waals surface area contributed by atoms with Crippen molar-refractivity contribution in [3.05, 3.63) is 53.6 Å². The van der Waals surface area contributed by atoms with E-state index in [4.69, 9.17) is 25.8 Å². The van der Waals surface area contributed by atoms with Crippen LogP contribution >= 0.6 is 11.6 Å². The van der Waals surface area contributed by atoms with Gasteiger partial charge in [-0.2, -0.15) is 0 Å². The van der Waals surface area contributed by atoms with E-state index in [1.807, 2.05) is 23.1 Å². The Morgan fingerprint density at radius 3 is 2.29 bits per heavy atom. The highest BCUT2D eigenvalue weighted by atomic mass is 35.5. The number of piperidine rings is 1. The van der Waals surface area contributed by atoms with E-state index in [1.54, 1.807) is 33.5 Å². The van der Waals surface area contributed by atoms with Gasteiger partial charge in [0.2, 0.25) is 5.75 Å². The molecular formula is C25H30ClNO4. The van der Waals surface area contributed by atoms with Crippen LogP contribution in [0.5, 0.6) is 17.2 Å². The third-order valence-corrected chi connectivity index (χ3v) is 7.48. The molecule has 5 nitrogen and oxygen atoms in total. The molecule has 1 aliphatic carbocycles. The van der Waals surface area contributed by atoms with Crippen molar-refractivity contribution in [2.45, 2.75) is 43.0 Å². The highest BCUT2D eigenvalue weighted by Gasteiger charge is 2.50. The summed E-state index contributed by atoms with van der Waals surface area (Å²) in [6, 6.07) is 13.7. The number of carbonyl (C=O) groups is 1. The van der Waals surface area contributed by atoms with Gasteiger partial charge in [0.05, 0.1) is 32.2 Å². The zero-order valence-electron chi connectivity index (χ0n) is 18.4. The summed E-state index contributed by atoms with van der Waals surface area (Å²) < 4.78 is 16.4. The van der Waals surface area contributed by atoms with Gasteiger partial charge < -0.3 is 19.1 Å². The van der Waals surface area contributed by atoms with E-state index in [1.165, 1.54) is 0 Å². The Hall–Kier alpha value is -2.40. The molecule has 0 N–H and O–H groups in total. The Labute approximate surface area is 189 Å². The second-order valence-electron chi connectivity index (χ2n) is 8.40. The summed E-state index contributed by atoms with van der Waals surface area (Å²) in [4.78, 5) is 15.6. The maximum Gasteiger partial charge on any atom is 0.254 e. The molecule has 0 aromatic heterocycles. The first-order valence-electron chi connectivity index (χ1n) is 10.9. The number of carbonyl (C=O) groups excluding carboxylic acids is 1. The molecule has 1 aliphatic heterocycles. The molecule has 2 aromatic carbocycles. The summed E-state index contributed by atoms with van der Waals surface area (Å²) >= 11 is 7.18. The van der Waals surface area contributed by atoms with Crippen molar-refractivity contribution >= 4 is 17.5 Å². The second kappa shape index (κ2) is 8.99. The number of amides is 1. The minimum Gasteiger partial charge on any atom is -0.493 e. The van der Waals surface area contributed by atoms with E-state index in [-0.39, 0.29) is 22.7 Å². The van der Waals surface area contributed by atoms with E-state index in [0.717, 1.165) is 37.7 Å². The molecule has 166 valence electrons. The zero-order chi connectivity index (χ0) is 22.0. The number of alkyl halides is 1. The van der Waals surface area contributed by atoms with Crippen LogP contribution in [0.2, 0.25) is 0 Å². The van der Waals surface area contributed by atoms with Gasteiger partial charge in [0, 0.05) is 18.0 Å². The van der Waals surface area contributed by atoms with Gasteiger partial charge >= 0.3 is 0 Å². The monoisotopic (exact) mass is 443 g/mol. The van der Waals surface area contributed by atoms with Crippen LogP contribution in [0, 0.1) is 5.92 Å². The predicted molar refractivity (Wildman–Crippen MR) is 121 cm³/mol. The number of hydrogen-bond acceptors (Lipinski definition) is 4. The number of halogens is 1. The smallest absolute Gasteiger partial charge is 0.254 e. The van der Waals surface area contributed by atoms with Crippen molar-refractivity contribution in [1.29, 1.82) is 0 Å². The van der Waals surface area contributed by atoms with Crippen LogP contribution in [-0.2, 0) is 0 Å². The first-order chi connectivity index (χ1) is 15.0. The molecule has 0 bridgehead atoms. The van der Waals surface area contributed by atoms with Crippen LogP contribution in [0.3, 0.4) is 0 Å². The van der Waals surface area contributed by atoms with Crippen LogP contribution < -0.4 is 14.2 Å². The Morgan fingerprint density at radius 1 is 1.00 bits per heavy atom. The van der Waals surface area contributed by atoms with Gasteiger partial charge in [-0.15, -0.1) is 11.6 Å². The molecule has 3 atom stereocenters. The molecular weight excluding hydrogens is 414 g/mol. The van der Waals surface area contributed by atoms with E-state index >= 15 is 0 Å². The Balaban J connectivity index is 1.76. The largest absolute Gasteiger partial charge is 0.493 e. The third-order valence-electron chi connectivity index (χ3n) is 6.82. The van der Waals surface area contributed by atoms with Gasteiger partial charge in [-0.25, -0.2) is 0 Å². The lowest BCUT2D eigenvalue weighted by Crippen LogP contribution is -2.53. The first kappa shape index (κ1) is 21.8. The van der Waals surface area contributed by atoms with Crippen molar-refractivity contribution in [2.75, 3.05) is 27.9 Å². The minimum absolute atomic E-state index is 0.0441. The van der Waals surface area contributed by atoms with Crippen LogP contribution in [0.25, 0.3) is 0 Å². The molecule has 0 radical (unpaired) electrons. The second-order valence-corrected chi connectivity index (χ2v) is 9.16. The van der Waals surface area contributed by atoms with Crippen LogP contribution in [-0.4, -0.2) is 43.6 Å². The standard InChI is InChI=1S/C25H30ClNO4/c1-29-20-15-18(16-21(30-2)23(20)31-3)24(28)27-14-13-25(26)12-8-7-11-19(25)22(27)17-9-5-4-6-10-17/h4-6,9-10,15-16,19,22H,7-8,11-14H2,1-3H3/t19-,22-,25+/m0/s1. The van der Waals surface area contributed by atoms with Gasteiger partial charge in [0.15, 0.2) is 11.5 Å². The highest BCUT2D eigenvalue weighted by Crippen LogP contribution is 2.53. The molecule has 2 aliphatic rings. The number of likely N-dealkylation sites (tertiary alicyclic amines) is 1. The molecule has 0 unspecified atom stereocenters. The van der Waals surface area contributed by atoms with Gasteiger partial charge in [-0.05, 0) is 37.0 Å². The first-order valence-corrected chi connectivity index (χ1v) is 11.2. The number of fused-ring (bicyclic) bond motifs is 1. The Kier molecular flexibility index (Phi) is 6.33. The van der Waals surface area contributed by atoms with Crippen LogP contribution in [0.4, 0.5) is 0 Å². The Bertz CT molecular complexity index is 909. The summed E-state index contributed by atoms with van der Waals surface area (Å²) in [5, 5.41) is 0. The zero-order valence-corrected chi connectivity index (χ0v) is 19.2. The summed E-state index contributed by atoms with van der Waals surface area (Å²) in [5.41, 5.74) is 1.66. The quantitative estimate of drug-likeness (QED) is 0.575. The fourth-order valence-electron chi connectivity index (χ4n) is 5.30. The lowest BCUT2D eigenvalue weighted by atomic mass is 9.68. The summed E-state index contributed by atoms with van der Waals surface area (Å²) in [6.07, 6.45) is 5.15. The lowest BCUT2D eigenvalue weighted by Gasteiger charge is -2.52. The average Bonchev–Trinajstić information content (AvgIpc) is 2.82. The minimum atomic E-state index is -0.245. The number of rotatable bonds is 5. The Morgan fingerprint density at radius 2 is 1.68 bits per heavy atom. The highest BCUT2D eigenvalue weighted by molar-refractivity contribution is 6.24. The number of ether oxygens (including phenoxy) is 3. The van der Waals surface area contributed by atoms with Gasteiger partial charge in [0.25, 0.3) is 5.91 Å². The van der Waals surface area contributed by atoms with E-state index < -0.39 is 0 Å². The van der Waals surface area contributed by atoms with Gasteiger partial charge in [0.1, 0.15) is 0 Å². The van der Waals surface area contributed by atoms with E-state index in [9.17, 15) is 4.79 Å². The maximum absolute atomic E-state index is 13.8. The maximum atomic E-state index is 13.8. The molecule has 1 amide bonds. The molecule has 4 rings (SSSR count).